The average Bonchev–Trinajstić information content (AvgIpc) is 2.60. The maximum atomic E-state index is 11.5. The number of aliphatic carboxylic acids is 1. The predicted octanol–water partition coefficient (Wildman–Crippen LogP) is 4.09. The summed E-state index contributed by atoms with van der Waals surface area (Å²) in [5.74, 6) is -1.31. The van der Waals surface area contributed by atoms with Crippen molar-refractivity contribution in [3.8, 4) is 11.1 Å². The second-order valence-corrected chi connectivity index (χ2v) is 6.73. The summed E-state index contributed by atoms with van der Waals surface area (Å²) < 4.78 is 2.14. The van der Waals surface area contributed by atoms with Crippen molar-refractivity contribution in [1.82, 2.24) is 0 Å². The second kappa shape index (κ2) is 4.48. The molecule has 3 rings (SSSR count). The van der Waals surface area contributed by atoms with Gasteiger partial charge in [-0.2, -0.15) is 0 Å². The van der Waals surface area contributed by atoms with E-state index in [-0.39, 0.29) is 0 Å². The first-order valence-electron chi connectivity index (χ1n) is 5.40. The zero-order valence-corrected chi connectivity index (χ0v) is 13.5. The molecule has 0 spiro atoms. The Hall–Kier alpha value is -0.630. The lowest BCUT2D eigenvalue weighted by Gasteiger charge is -2.08. The Morgan fingerprint density at radius 3 is 1.78 bits per heavy atom. The molecule has 0 unspecified atom stereocenters. The Balaban J connectivity index is 2.33. The van der Waals surface area contributed by atoms with Crippen LogP contribution in [-0.2, 0) is 4.79 Å². The molecule has 0 aromatic heterocycles. The maximum Gasteiger partial charge on any atom is 0.315 e. The molecule has 0 saturated carbocycles. The fourth-order valence-electron chi connectivity index (χ4n) is 2.47. The summed E-state index contributed by atoms with van der Waals surface area (Å²) in [6.45, 7) is 0. The number of carboxylic acids is 1. The standard InChI is InChI=1S/C14H8I2O2/c15-7-1-3-9-10-4-2-8(16)6-12(10)13(14(17)18)11(9)5-7/h1-6,13H,(H,17,18). The van der Waals surface area contributed by atoms with Crippen LogP contribution in [0.15, 0.2) is 36.4 Å². The van der Waals surface area contributed by atoms with Crippen molar-refractivity contribution in [1.29, 1.82) is 0 Å². The van der Waals surface area contributed by atoms with E-state index in [1.807, 2.05) is 36.4 Å². The Bertz CT molecular complexity index is 613. The molecular weight excluding hydrogens is 454 g/mol. The minimum absolute atomic E-state index is 0.528. The quantitative estimate of drug-likeness (QED) is 0.649. The van der Waals surface area contributed by atoms with Gasteiger partial charge in [-0.1, -0.05) is 12.1 Å². The van der Waals surface area contributed by atoms with E-state index in [0.717, 1.165) is 29.4 Å². The van der Waals surface area contributed by atoms with Gasteiger partial charge < -0.3 is 5.11 Å². The number of carboxylic acid groups (broad SMARTS) is 1. The lowest BCUT2D eigenvalue weighted by Crippen LogP contribution is -2.10. The van der Waals surface area contributed by atoms with Crippen LogP contribution in [0.3, 0.4) is 0 Å². The van der Waals surface area contributed by atoms with Gasteiger partial charge in [-0.05, 0) is 91.7 Å². The molecule has 90 valence electrons. The molecule has 0 heterocycles. The molecule has 0 fully saturated rings. The summed E-state index contributed by atoms with van der Waals surface area (Å²) in [6, 6.07) is 12.0. The van der Waals surface area contributed by atoms with Crippen LogP contribution >= 0.6 is 45.2 Å². The van der Waals surface area contributed by atoms with Crippen molar-refractivity contribution < 1.29 is 9.90 Å². The van der Waals surface area contributed by atoms with Crippen LogP contribution in [0.1, 0.15) is 17.0 Å². The van der Waals surface area contributed by atoms with Crippen molar-refractivity contribution in [2.24, 2.45) is 0 Å². The fraction of sp³-hybridized carbons (Fsp3) is 0.0714. The summed E-state index contributed by atoms with van der Waals surface area (Å²) in [7, 11) is 0. The molecule has 1 aliphatic rings. The molecule has 0 bridgehead atoms. The first kappa shape index (κ1) is 12.4. The van der Waals surface area contributed by atoms with Crippen LogP contribution in [0, 0.1) is 7.14 Å². The summed E-state index contributed by atoms with van der Waals surface area (Å²) in [5.41, 5.74) is 3.92. The van der Waals surface area contributed by atoms with E-state index in [0.29, 0.717) is 0 Å². The van der Waals surface area contributed by atoms with E-state index in [2.05, 4.69) is 45.2 Å². The first-order chi connectivity index (χ1) is 8.58. The highest BCUT2D eigenvalue weighted by atomic mass is 127. The van der Waals surface area contributed by atoms with Gasteiger partial charge in [0.25, 0.3) is 0 Å². The lowest BCUT2D eigenvalue weighted by molar-refractivity contribution is -0.137. The number of hydrogen-bond donors (Lipinski definition) is 1. The van der Waals surface area contributed by atoms with Crippen LogP contribution in [0.2, 0.25) is 0 Å². The second-order valence-electron chi connectivity index (χ2n) is 4.23. The van der Waals surface area contributed by atoms with Crippen LogP contribution in [0.25, 0.3) is 11.1 Å². The van der Waals surface area contributed by atoms with Gasteiger partial charge in [0.2, 0.25) is 0 Å². The Labute approximate surface area is 132 Å². The molecule has 0 amide bonds. The molecule has 0 atom stereocenters. The van der Waals surface area contributed by atoms with Gasteiger partial charge in [-0.25, -0.2) is 0 Å². The molecule has 0 aliphatic heterocycles. The number of benzene rings is 2. The van der Waals surface area contributed by atoms with Gasteiger partial charge in [0.05, 0.1) is 0 Å². The van der Waals surface area contributed by atoms with E-state index >= 15 is 0 Å². The van der Waals surface area contributed by atoms with E-state index in [1.54, 1.807) is 0 Å². The van der Waals surface area contributed by atoms with E-state index < -0.39 is 11.9 Å². The topological polar surface area (TPSA) is 37.3 Å². The number of hydrogen-bond acceptors (Lipinski definition) is 1. The molecule has 2 nitrogen and oxygen atoms in total. The number of fused-ring (bicyclic) bond motifs is 3. The van der Waals surface area contributed by atoms with Gasteiger partial charge in [0, 0.05) is 7.14 Å². The molecule has 1 aliphatic carbocycles. The van der Waals surface area contributed by atoms with Gasteiger partial charge in [-0.3, -0.25) is 4.79 Å². The van der Waals surface area contributed by atoms with Crippen LogP contribution in [-0.4, -0.2) is 11.1 Å². The summed E-state index contributed by atoms with van der Waals surface area (Å²) >= 11 is 4.44. The van der Waals surface area contributed by atoms with Crippen LogP contribution in [0.5, 0.6) is 0 Å². The predicted molar refractivity (Wildman–Crippen MR) is 86.8 cm³/mol. The highest BCUT2D eigenvalue weighted by Gasteiger charge is 2.33. The van der Waals surface area contributed by atoms with Crippen molar-refractivity contribution in [3.63, 3.8) is 0 Å². The lowest BCUT2D eigenvalue weighted by atomic mass is 9.97. The van der Waals surface area contributed by atoms with Gasteiger partial charge >= 0.3 is 5.97 Å². The highest BCUT2D eigenvalue weighted by Crippen LogP contribution is 2.45. The van der Waals surface area contributed by atoms with Crippen LogP contribution in [0.4, 0.5) is 0 Å². The van der Waals surface area contributed by atoms with Crippen molar-refractivity contribution >= 4 is 51.2 Å². The minimum atomic E-state index is -0.779. The monoisotopic (exact) mass is 462 g/mol. The third kappa shape index (κ3) is 1.85. The summed E-state index contributed by atoms with van der Waals surface area (Å²) in [4.78, 5) is 11.5. The Morgan fingerprint density at radius 2 is 1.39 bits per heavy atom. The molecule has 1 N–H and O–H groups in total. The van der Waals surface area contributed by atoms with E-state index in [4.69, 9.17) is 0 Å². The highest BCUT2D eigenvalue weighted by molar-refractivity contribution is 14.1. The molecule has 18 heavy (non-hydrogen) atoms. The SMILES string of the molecule is O=C(O)C1c2cc(I)ccc2-c2ccc(I)cc21. The molecule has 0 saturated heterocycles. The Morgan fingerprint density at radius 1 is 0.944 bits per heavy atom. The molecule has 0 radical (unpaired) electrons. The Kier molecular flexibility index (Phi) is 3.09. The van der Waals surface area contributed by atoms with Crippen molar-refractivity contribution in [3.05, 3.63) is 54.7 Å². The molecular formula is C14H8I2O2. The molecule has 2 aromatic rings. The maximum absolute atomic E-state index is 11.5. The summed E-state index contributed by atoms with van der Waals surface area (Å²) in [5, 5.41) is 9.48. The number of halogens is 2. The summed E-state index contributed by atoms with van der Waals surface area (Å²) in [6.07, 6.45) is 0. The zero-order valence-electron chi connectivity index (χ0n) is 9.15. The fourth-order valence-corrected chi connectivity index (χ4v) is 3.50. The van der Waals surface area contributed by atoms with Crippen LogP contribution < -0.4 is 0 Å². The third-order valence-electron chi connectivity index (χ3n) is 3.19. The molecule has 4 heteroatoms. The normalized spacial score (nSPS) is 13.2. The van der Waals surface area contributed by atoms with Gasteiger partial charge in [0.15, 0.2) is 0 Å². The average molecular weight is 462 g/mol. The number of rotatable bonds is 1. The van der Waals surface area contributed by atoms with E-state index in [1.165, 1.54) is 0 Å². The third-order valence-corrected chi connectivity index (χ3v) is 4.53. The largest absolute Gasteiger partial charge is 0.481 e. The first-order valence-corrected chi connectivity index (χ1v) is 7.56. The minimum Gasteiger partial charge on any atom is -0.481 e. The van der Waals surface area contributed by atoms with Crippen molar-refractivity contribution in [2.45, 2.75) is 5.92 Å². The molecule has 2 aromatic carbocycles. The number of carbonyl (C=O) groups is 1. The van der Waals surface area contributed by atoms with Crippen molar-refractivity contribution in [2.75, 3.05) is 0 Å². The van der Waals surface area contributed by atoms with E-state index in [9.17, 15) is 9.90 Å². The smallest absolute Gasteiger partial charge is 0.315 e. The van der Waals surface area contributed by atoms with Gasteiger partial charge in [-0.15, -0.1) is 0 Å². The zero-order chi connectivity index (χ0) is 12.9. The van der Waals surface area contributed by atoms with Gasteiger partial charge in [0.1, 0.15) is 5.92 Å².